The molecule has 0 amide bonds. The first-order valence-electron chi connectivity index (χ1n) is 15.9. The van der Waals surface area contributed by atoms with Crippen LogP contribution in [0.25, 0.3) is 0 Å². The predicted octanol–water partition coefficient (Wildman–Crippen LogP) is 10.4. The average Bonchev–Trinajstić information content (AvgIpc) is 2.84. The molecule has 1 fully saturated rings. The number of phenolic OH excluding ortho intramolecular Hbond substituents is 2. The fourth-order valence-corrected chi connectivity index (χ4v) is 5.31. The van der Waals surface area contributed by atoms with Crippen molar-refractivity contribution in [2.24, 2.45) is 9.98 Å². The van der Waals surface area contributed by atoms with Gasteiger partial charge in [0.1, 0.15) is 11.5 Å². The van der Waals surface area contributed by atoms with Crippen LogP contribution in [0.15, 0.2) is 34.3 Å². The Bertz CT molecular complexity index is 1270. The maximum Gasteiger partial charge on any atom is 0.673 e. The van der Waals surface area contributed by atoms with Gasteiger partial charge in [0.25, 0.3) is 0 Å². The minimum absolute atomic E-state index is 0. The summed E-state index contributed by atoms with van der Waals surface area (Å²) in [6, 6.07) is 8.53. The standard InChI is InChI=1S/C36H54N2O2.BF4.Mn/c1-33(2,3)25-17-23(31(39)27(19-25)35(7,8)9)21-37-29-15-13-14-16-30(29)38-22-24-18-26(34(4,5)6)20-28(32(24)40)36(10,11)12;2-1(3,4)5;/h17-22,29-30,39-40H,13-16H2,1-12H3;;/q;-1;/t29-,30-;;/m1../s1. The molecule has 46 heavy (non-hydrogen) atoms. The number of phenols is 2. The normalized spacial score (nSPS) is 18.3. The van der Waals surface area contributed by atoms with Crippen LogP contribution < -0.4 is 0 Å². The van der Waals surface area contributed by atoms with Crippen molar-refractivity contribution < 1.29 is 44.5 Å². The topological polar surface area (TPSA) is 65.2 Å². The van der Waals surface area contributed by atoms with Gasteiger partial charge in [0, 0.05) is 51.8 Å². The van der Waals surface area contributed by atoms with Crippen LogP contribution in [-0.4, -0.2) is 42.0 Å². The Kier molecular flexibility index (Phi) is 13.8. The van der Waals surface area contributed by atoms with E-state index in [0.717, 1.165) is 47.9 Å². The number of rotatable bonds is 4. The molecule has 1 aliphatic carbocycles. The molecule has 1 saturated carbocycles. The smallest absolute Gasteiger partial charge is 0.507 e. The molecule has 0 heterocycles. The van der Waals surface area contributed by atoms with Gasteiger partial charge in [0.2, 0.25) is 0 Å². The van der Waals surface area contributed by atoms with Crippen LogP contribution in [0.3, 0.4) is 0 Å². The first-order valence-corrected chi connectivity index (χ1v) is 15.9. The minimum atomic E-state index is -6.00. The molecule has 0 aliphatic heterocycles. The number of hydrogen-bond acceptors (Lipinski definition) is 4. The third kappa shape index (κ3) is 12.4. The first kappa shape index (κ1) is 41.7. The van der Waals surface area contributed by atoms with Gasteiger partial charge in [-0.1, -0.05) is 108 Å². The molecule has 259 valence electrons. The maximum atomic E-state index is 11.2. The quantitative estimate of drug-likeness (QED) is 0.191. The number of benzene rings is 2. The van der Waals surface area contributed by atoms with Gasteiger partial charge < -0.3 is 27.5 Å². The van der Waals surface area contributed by atoms with Crippen LogP contribution in [0.5, 0.6) is 11.5 Å². The number of nitrogens with zero attached hydrogens (tertiary/aromatic N) is 2. The van der Waals surface area contributed by atoms with Crippen LogP contribution in [0, 0.1) is 0 Å². The van der Waals surface area contributed by atoms with Crippen molar-refractivity contribution in [3.05, 3.63) is 57.6 Å². The number of hydrogen-bond donors (Lipinski definition) is 2. The Morgan fingerprint density at radius 1 is 0.587 bits per heavy atom. The van der Waals surface area contributed by atoms with Crippen LogP contribution in [-0.2, 0) is 38.7 Å². The van der Waals surface area contributed by atoms with Gasteiger partial charge >= 0.3 is 7.25 Å². The number of aromatic hydroxyl groups is 2. The number of aliphatic imine (C=N–C) groups is 2. The molecule has 1 aliphatic rings. The Morgan fingerprint density at radius 2 is 0.870 bits per heavy atom. The van der Waals surface area contributed by atoms with Crippen molar-refractivity contribution in [1.82, 2.24) is 0 Å². The Morgan fingerprint density at radius 3 is 1.11 bits per heavy atom. The van der Waals surface area contributed by atoms with Crippen LogP contribution in [0.1, 0.15) is 142 Å². The van der Waals surface area contributed by atoms with Gasteiger partial charge in [-0.2, -0.15) is 0 Å². The molecule has 2 atom stereocenters. The summed E-state index contributed by atoms with van der Waals surface area (Å²) >= 11 is 0. The fourth-order valence-electron chi connectivity index (χ4n) is 5.31. The summed E-state index contributed by atoms with van der Waals surface area (Å²) in [4.78, 5) is 10.1. The molecule has 0 saturated heterocycles. The molecule has 3 rings (SSSR count). The monoisotopic (exact) mass is 688 g/mol. The second-order valence-electron chi connectivity index (χ2n) is 16.4. The van der Waals surface area contributed by atoms with Crippen molar-refractivity contribution in [2.45, 2.75) is 143 Å². The van der Waals surface area contributed by atoms with E-state index in [-0.39, 0.29) is 50.8 Å². The van der Waals surface area contributed by atoms with E-state index >= 15 is 0 Å². The van der Waals surface area contributed by atoms with E-state index in [0.29, 0.717) is 11.5 Å². The average molecular weight is 689 g/mol. The Labute approximate surface area is 285 Å². The van der Waals surface area contributed by atoms with Crippen LogP contribution >= 0.6 is 0 Å². The van der Waals surface area contributed by atoms with E-state index in [4.69, 9.17) is 9.98 Å². The molecule has 4 nitrogen and oxygen atoms in total. The molecule has 2 aromatic rings. The fraction of sp³-hybridized carbons (Fsp3) is 0.611. The third-order valence-electron chi connectivity index (χ3n) is 8.13. The van der Waals surface area contributed by atoms with Gasteiger partial charge in [0.05, 0.1) is 12.1 Å². The second kappa shape index (κ2) is 15.3. The van der Waals surface area contributed by atoms with Gasteiger partial charge in [0.15, 0.2) is 0 Å². The predicted molar refractivity (Wildman–Crippen MR) is 182 cm³/mol. The van der Waals surface area contributed by atoms with Gasteiger partial charge in [-0.05, 0) is 57.8 Å². The van der Waals surface area contributed by atoms with Crippen molar-refractivity contribution >= 4 is 19.7 Å². The van der Waals surface area contributed by atoms with Crippen molar-refractivity contribution in [3.63, 3.8) is 0 Å². The zero-order valence-corrected chi connectivity index (χ0v) is 30.9. The van der Waals surface area contributed by atoms with Crippen molar-refractivity contribution in [2.75, 3.05) is 0 Å². The summed E-state index contributed by atoms with van der Waals surface area (Å²) in [5, 5.41) is 22.5. The van der Waals surface area contributed by atoms with E-state index in [1.807, 2.05) is 12.4 Å². The van der Waals surface area contributed by atoms with E-state index in [2.05, 4.69) is 107 Å². The first-order chi connectivity index (χ1) is 20.2. The molecule has 2 N–H and O–H groups in total. The molecule has 1 radical (unpaired) electrons. The minimum Gasteiger partial charge on any atom is -0.507 e. The number of halogens is 4. The maximum absolute atomic E-state index is 11.2. The third-order valence-corrected chi connectivity index (χ3v) is 8.13. The summed E-state index contributed by atoms with van der Waals surface area (Å²) < 4.78 is 39.0. The van der Waals surface area contributed by atoms with Gasteiger partial charge in [-0.25, -0.2) is 0 Å². The largest absolute Gasteiger partial charge is 0.673 e. The zero-order chi connectivity index (χ0) is 34.8. The molecule has 0 bridgehead atoms. The summed E-state index contributed by atoms with van der Waals surface area (Å²) in [5.74, 6) is 0.637. The van der Waals surface area contributed by atoms with Crippen molar-refractivity contribution in [3.8, 4) is 11.5 Å². The van der Waals surface area contributed by atoms with Gasteiger partial charge in [-0.3, -0.25) is 9.98 Å². The Balaban J connectivity index is 0.00000163. The van der Waals surface area contributed by atoms with Gasteiger partial charge in [-0.15, -0.1) is 0 Å². The van der Waals surface area contributed by atoms with Crippen molar-refractivity contribution in [1.29, 1.82) is 0 Å². The summed E-state index contributed by atoms with van der Waals surface area (Å²) in [6.45, 7) is 26.0. The molecule has 10 heteroatoms. The molecular formula is C36H54BF4MnN2O2-. The van der Waals surface area contributed by atoms with Crippen LogP contribution in [0.4, 0.5) is 17.3 Å². The molecule has 0 spiro atoms. The van der Waals surface area contributed by atoms with Crippen LogP contribution in [0.2, 0.25) is 0 Å². The van der Waals surface area contributed by atoms with E-state index in [1.165, 1.54) is 11.1 Å². The Hall–Kier alpha value is -2.32. The van der Waals surface area contributed by atoms with E-state index in [1.54, 1.807) is 0 Å². The summed E-state index contributed by atoms with van der Waals surface area (Å²) in [6.07, 6.45) is 7.90. The SMILES string of the molecule is CC(C)(C)c1cc(C=N[C@@H]2CCCC[C@H]2N=Cc2cc(C(C)(C)C)cc(C(C)(C)C)c2O)c(O)c(C(C)(C)C)c1.F[B-](F)(F)F.[Mn]. The molecule has 2 aromatic carbocycles. The van der Waals surface area contributed by atoms with E-state index < -0.39 is 7.25 Å². The van der Waals surface area contributed by atoms with E-state index in [9.17, 15) is 27.5 Å². The molecule has 0 unspecified atom stereocenters. The zero-order valence-electron chi connectivity index (χ0n) is 29.7. The second-order valence-corrected chi connectivity index (χ2v) is 16.4. The summed E-state index contributed by atoms with van der Waals surface area (Å²) in [5.41, 5.74) is 5.39. The summed E-state index contributed by atoms with van der Waals surface area (Å²) in [7, 11) is -6.00. The molecule has 0 aromatic heterocycles. The molecular weight excluding hydrogens is 634 g/mol.